The lowest BCUT2D eigenvalue weighted by Gasteiger charge is -2.15. The fourth-order valence-corrected chi connectivity index (χ4v) is 3.48. The van der Waals surface area contributed by atoms with Gasteiger partial charge in [-0.2, -0.15) is 5.26 Å². The van der Waals surface area contributed by atoms with Crippen LogP contribution in [0.5, 0.6) is 0 Å². The molecule has 2 aromatic carbocycles. The number of hydrogen-bond acceptors (Lipinski definition) is 5. The number of hydrogen-bond donors (Lipinski definition) is 1. The number of nitrogens with zero attached hydrogens (tertiary/aromatic N) is 2. The molecule has 0 amide bonds. The minimum atomic E-state index is -3.86. The first kappa shape index (κ1) is 15.1. The second-order valence-corrected chi connectivity index (χ2v) is 6.97. The van der Waals surface area contributed by atoms with Crippen LogP contribution in [0.2, 0.25) is 0 Å². The van der Waals surface area contributed by atoms with Crippen LogP contribution in [0.3, 0.4) is 0 Å². The molecular formula is C17H15N3O2S. The van der Waals surface area contributed by atoms with Crippen LogP contribution >= 0.6 is 0 Å². The second-order valence-electron chi connectivity index (χ2n) is 5.08. The van der Waals surface area contributed by atoms with Gasteiger partial charge in [0.15, 0.2) is 4.91 Å². The Morgan fingerprint density at radius 1 is 1.00 bits per heavy atom. The van der Waals surface area contributed by atoms with Crippen molar-refractivity contribution in [1.82, 2.24) is 4.90 Å². The average Bonchev–Trinajstić information content (AvgIpc) is 3.41. The maximum absolute atomic E-state index is 12.8. The van der Waals surface area contributed by atoms with Crippen LogP contribution in [-0.2, 0) is 9.84 Å². The van der Waals surface area contributed by atoms with Gasteiger partial charge in [0, 0.05) is 18.8 Å². The van der Waals surface area contributed by atoms with Crippen molar-refractivity contribution >= 4 is 15.5 Å². The number of rotatable bonds is 5. The molecule has 0 radical (unpaired) electrons. The highest BCUT2D eigenvalue weighted by atomic mass is 32.2. The minimum absolute atomic E-state index is 0.116. The Morgan fingerprint density at radius 2 is 1.57 bits per heavy atom. The van der Waals surface area contributed by atoms with Gasteiger partial charge in [-0.15, -0.1) is 0 Å². The minimum Gasteiger partial charge on any atom is -0.353 e. The molecular weight excluding hydrogens is 310 g/mol. The summed E-state index contributed by atoms with van der Waals surface area (Å²) in [6.07, 6.45) is 0. The van der Waals surface area contributed by atoms with E-state index < -0.39 is 9.84 Å². The van der Waals surface area contributed by atoms with E-state index in [4.69, 9.17) is 0 Å². The van der Waals surface area contributed by atoms with Crippen molar-refractivity contribution in [3.63, 3.8) is 0 Å². The van der Waals surface area contributed by atoms with Crippen LogP contribution in [0.25, 0.3) is 0 Å². The number of sulfone groups is 1. The van der Waals surface area contributed by atoms with Gasteiger partial charge in [0.05, 0.1) is 4.90 Å². The van der Waals surface area contributed by atoms with Crippen molar-refractivity contribution in [2.45, 2.75) is 4.90 Å². The summed E-state index contributed by atoms with van der Waals surface area (Å²) in [5.41, 5.74) is 0.741. The number of benzene rings is 2. The summed E-state index contributed by atoms with van der Waals surface area (Å²) in [7, 11) is -3.86. The maximum atomic E-state index is 12.8. The summed E-state index contributed by atoms with van der Waals surface area (Å²) >= 11 is 0. The monoisotopic (exact) mass is 325 g/mol. The van der Waals surface area contributed by atoms with Gasteiger partial charge in [-0.1, -0.05) is 36.4 Å². The maximum Gasteiger partial charge on any atom is 0.220 e. The van der Waals surface area contributed by atoms with Gasteiger partial charge in [-0.3, -0.25) is 0 Å². The highest BCUT2D eigenvalue weighted by Crippen LogP contribution is 2.27. The average molecular weight is 325 g/mol. The normalized spacial score (nSPS) is 14.7. The third-order valence-corrected chi connectivity index (χ3v) is 5.15. The predicted octanol–water partition coefficient (Wildman–Crippen LogP) is 2.58. The van der Waals surface area contributed by atoms with E-state index in [9.17, 15) is 13.7 Å². The zero-order valence-corrected chi connectivity index (χ0v) is 13.1. The first-order valence-corrected chi connectivity index (χ1v) is 8.63. The molecule has 6 heteroatoms. The van der Waals surface area contributed by atoms with Crippen molar-refractivity contribution < 1.29 is 8.42 Å². The third kappa shape index (κ3) is 3.20. The van der Waals surface area contributed by atoms with Gasteiger partial charge in [-0.05, 0) is 24.3 Å². The Balaban J connectivity index is 2.08. The summed E-state index contributed by atoms with van der Waals surface area (Å²) in [5, 5.41) is 12.6. The summed E-state index contributed by atoms with van der Waals surface area (Å²) < 4.78 is 25.6. The molecule has 0 atom stereocenters. The van der Waals surface area contributed by atoms with Crippen molar-refractivity contribution in [3.05, 3.63) is 71.4 Å². The molecule has 1 saturated heterocycles. The van der Waals surface area contributed by atoms with E-state index >= 15 is 0 Å². The van der Waals surface area contributed by atoms with Crippen LogP contribution in [-0.4, -0.2) is 26.4 Å². The van der Waals surface area contributed by atoms with Crippen molar-refractivity contribution in [1.29, 1.82) is 5.26 Å². The molecule has 1 aliphatic rings. The topological polar surface area (TPSA) is 73.0 Å². The van der Waals surface area contributed by atoms with E-state index in [2.05, 4.69) is 5.32 Å². The molecule has 0 unspecified atom stereocenters. The SMILES string of the molecule is N#C/C(=C(/Nc1ccccc1)N1CC1)S(=O)(=O)c1ccccc1. The quantitative estimate of drug-likeness (QED) is 0.676. The zero-order valence-electron chi connectivity index (χ0n) is 12.3. The van der Waals surface area contributed by atoms with Gasteiger partial charge >= 0.3 is 0 Å². The van der Waals surface area contributed by atoms with Crippen molar-refractivity contribution in [2.75, 3.05) is 18.4 Å². The summed E-state index contributed by atoms with van der Waals surface area (Å²) in [6.45, 7) is 1.45. The zero-order chi connectivity index (χ0) is 16.3. The van der Waals surface area contributed by atoms with Crippen molar-refractivity contribution in [2.24, 2.45) is 0 Å². The molecule has 0 saturated carbocycles. The van der Waals surface area contributed by atoms with Crippen molar-refractivity contribution in [3.8, 4) is 6.07 Å². The molecule has 116 valence electrons. The van der Waals surface area contributed by atoms with Crippen LogP contribution in [0.1, 0.15) is 0 Å². The number of anilines is 1. The van der Waals surface area contributed by atoms with E-state index in [0.717, 1.165) is 18.8 Å². The fraction of sp³-hybridized carbons (Fsp3) is 0.118. The first-order valence-electron chi connectivity index (χ1n) is 7.14. The Kier molecular flexibility index (Phi) is 4.04. The first-order chi connectivity index (χ1) is 11.1. The highest BCUT2D eigenvalue weighted by molar-refractivity contribution is 7.95. The van der Waals surface area contributed by atoms with E-state index in [1.807, 2.05) is 41.3 Å². The van der Waals surface area contributed by atoms with Crippen LogP contribution in [0.15, 0.2) is 76.3 Å². The van der Waals surface area contributed by atoms with Gasteiger partial charge < -0.3 is 10.2 Å². The number of nitrogens with one attached hydrogen (secondary N) is 1. The Morgan fingerprint density at radius 3 is 2.09 bits per heavy atom. The van der Waals surface area contributed by atoms with Gasteiger partial charge in [0.2, 0.25) is 9.84 Å². The molecule has 0 aromatic heterocycles. The molecule has 0 spiro atoms. The molecule has 0 aliphatic carbocycles. The standard InChI is InChI=1S/C17H15N3O2S/c18-13-16(23(21,22)15-9-5-2-6-10-15)17(20-11-12-20)19-14-7-3-1-4-8-14/h1-10,19H,11-12H2/b17-16+. The molecule has 23 heavy (non-hydrogen) atoms. The number of allylic oxidation sites excluding steroid dienone is 1. The van der Waals surface area contributed by atoms with Gasteiger partial charge in [-0.25, -0.2) is 8.42 Å². The number of para-hydroxylation sites is 1. The second kappa shape index (κ2) is 6.15. The smallest absolute Gasteiger partial charge is 0.220 e. The largest absolute Gasteiger partial charge is 0.353 e. The Labute approximate surface area is 135 Å². The lowest BCUT2D eigenvalue weighted by molar-refractivity contribution is 0.600. The molecule has 1 aliphatic heterocycles. The molecule has 1 fully saturated rings. The van der Waals surface area contributed by atoms with Gasteiger partial charge in [0.1, 0.15) is 11.9 Å². The lowest BCUT2D eigenvalue weighted by Crippen LogP contribution is -2.17. The Hall–Kier alpha value is -2.78. The molecule has 1 heterocycles. The van der Waals surface area contributed by atoms with Crippen LogP contribution in [0, 0.1) is 11.3 Å². The molecule has 1 N–H and O–H groups in total. The van der Waals surface area contributed by atoms with Crippen LogP contribution < -0.4 is 5.32 Å². The summed E-state index contributed by atoms with van der Waals surface area (Å²) in [5.74, 6) is 0.336. The van der Waals surface area contributed by atoms with Crippen LogP contribution in [0.4, 0.5) is 5.69 Å². The number of nitriles is 1. The fourth-order valence-electron chi connectivity index (χ4n) is 2.17. The predicted molar refractivity (Wildman–Crippen MR) is 87.9 cm³/mol. The molecule has 2 aromatic rings. The van der Waals surface area contributed by atoms with E-state index in [0.29, 0.717) is 5.82 Å². The van der Waals surface area contributed by atoms with E-state index in [-0.39, 0.29) is 9.80 Å². The highest BCUT2D eigenvalue weighted by Gasteiger charge is 2.31. The van der Waals surface area contributed by atoms with E-state index in [1.165, 1.54) is 12.1 Å². The van der Waals surface area contributed by atoms with Gasteiger partial charge in [0.25, 0.3) is 0 Å². The lowest BCUT2D eigenvalue weighted by atomic mass is 10.3. The molecule has 3 rings (SSSR count). The molecule has 0 bridgehead atoms. The summed E-state index contributed by atoms with van der Waals surface area (Å²) in [6, 6.07) is 19.1. The Bertz CT molecular complexity index is 865. The van der Waals surface area contributed by atoms with E-state index in [1.54, 1.807) is 18.2 Å². The summed E-state index contributed by atoms with van der Waals surface area (Å²) in [4.78, 5) is 1.68. The molecule has 5 nitrogen and oxygen atoms in total. The third-order valence-electron chi connectivity index (χ3n) is 3.44.